The van der Waals surface area contributed by atoms with Crippen molar-refractivity contribution in [3.8, 4) is 0 Å². The molecule has 0 atom stereocenters. The van der Waals surface area contributed by atoms with E-state index in [1.54, 1.807) is 6.20 Å². The fraction of sp³-hybridized carbons (Fsp3) is 0.286. The van der Waals surface area contributed by atoms with E-state index in [0.717, 1.165) is 50.0 Å². The van der Waals surface area contributed by atoms with Crippen LogP contribution in [0.1, 0.15) is 5.56 Å². The maximum absolute atomic E-state index is 5.93. The molecule has 0 radical (unpaired) electrons. The van der Waals surface area contributed by atoms with Gasteiger partial charge in [0.15, 0.2) is 5.82 Å². The zero-order chi connectivity index (χ0) is 19.2. The predicted molar refractivity (Wildman–Crippen MR) is 114 cm³/mol. The first-order valence-corrected chi connectivity index (χ1v) is 9.89. The summed E-state index contributed by atoms with van der Waals surface area (Å²) < 4.78 is 0. The van der Waals surface area contributed by atoms with Crippen molar-refractivity contribution in [2.75, 3.05) is 47.8 Å². The Morgan fingerprint density at radius 1 is 0.893 bits per heavy atom. The van der Waals surface area contributed by atoms with Crippen molar-refractivity contribution < 1.29 is 0 Å². The Bertz CT molecular complexity index is 879. The summed E-state index contributed by atoms with van der Waals surface area (Å²) in [6, 6.07) is 18.4. The molecule has 2 heterocycles. The van der Waals surface area contributed by atoms with Gasteiger partial charge in [0, 0.05) is 43.4 Å². The lowest BCUT2D eigenvalue weighted by atomic mass is 10.1. The molecule has 3 aromatic rings. The maximum atomic E-state index is 5.93. The topological polar surface area (TPSA) is 57.2 Å². The molecule has 0 bridgehead atoms. The molecule has 0 amide bonds. The lowest BCUT2D eigenvalue weighted by molar-refractivity contribution is 0.644. The lowest BCUT2D eigenvalue weighted by Crippen LogP contribution is -2.46. The highest BCUT2D eigenvalue weighted by Gasteiger charge is 2.19. The Kier molecular flexibility index (Phi) is 5.87. The Morgan fingerprint density at radius 2 is 1.61 bits per heavy atom. The molecule has 1 aromatic heterocycles. The van der Waals surface area contributed by atoms with E-state index >= 15 is 0 Å². The summed E-state index contributed by atoms with van der Waals surface area (Å²) in [5.74, 6) is 1.44. The first kappa shape index (κ1) is 18.5. The summed E-state index contributed by atoms with van der Waals surface area (Å²) in [6.45, 7) is 4.50. The summed E-state index contributed by atoms with van der Waals surface area (Å²) in [7, 11) is 0. The van der Waals surface area contributed by atoms with Gasteiger partial charge in [-0.15, -0.1) is 5.10 Å². The van der Waals surface area contributed by atoms with Gasteiger partial charge in [-0.1, -0.05) is 41.9 Å². The molecule has 0 spiro atoms. The van der Waals surface area contributed by atoms with Crippen LogP contribution >= 0.6 is 11.6 Å². The third kappa shape index (κ3) is 4.70. The molecule has 144 valence electrons. The number of nitrogens with zero attached hydrogens (tertiary/aromatic N) is 5. The van der Waals surface area contributed by atoms with Gasteiger partial charge < -0.3 is 15.1 Å². The SMILES string of the molecule is Clc1ccc(CCNc2nncc(N3CCN(c4ccccc4)CC3)n2)cc1. The summed E-state index contributed by atoms with van der Waals surface area (Å²) in [5.41, 5.74) is 2.49. The van der Waals surface area contributed by atoms with Crippen LogP contribution in [0.5, 0.6) is 0 Å². The Labute approximate surface area is 170 Å². The van der Waals surface area contributed by atoms with Gasteiger partial charge in [-0.2, -0.15) is 10.1 Å². The van der Waals surface area contributed by atoms with Crippen LogP contribution in [0.15, 0.2) is 60.8 Å². The van der Waals surface area contributed by atoms with Crippen LogP contribution in [-0.4, -0.2) is 47.9 Å². The van der Waals surface area contributed by atoms with Crippen LogP contribution in [0.3, 0.4) is 0 Å². The minimum atomic E-state index is 0.567. The van der Waals surface area contributed by atoms with Crippen LogP contribution in [-0.2, 0) is 6.42 Å². The summed E-state index contributed by atoms with van der Waals surface area (Å²) >= 11 is 5.93. The maximum Gasteiger partial charge on any atom is 0.244 e. The van der Waals surface area contributed by atoms with Crippen LogP contribution in [0.4, 0.5) is 17.5 Å². The molecular formula is C21H23ClN6. The van der Waals surface area contributed by atoms with Crippen LogP contribution in [0.25, 0.3) is 0 Å². The van der Waals surface area contributed by atoms with Crippen molar-refractivity contribution in [3.63, 3.8) is 0 Å². The normalized spacial score (nSPS) is 14.2. The molecule has 2 aromatic carbocycles. The minimum Gasteiger partial charge on any atom is -0.368 e. The van der Waals surface area contributed by atoms with Crippen molar-refractivity contribution in [2.24, 2.45) is 0 Å². The first-order valence-electron chi connectivity index (χ1n) is 9.51. The van der Waals surface area contributed by atoms with E-state index in [1.165, 1.54) is 11.3 Å². The number of aromatic nitrogens is 3. The van der Waals surface area contributed by atoms with Crippen molar-refractivity contribution in [1.29, 1.82) is 0 Å². The standard InChI is InChI=1S/C21H23ClN6/c22-18-8-6-17(7-9-18)10-11-23-21-25-20(16-24-26-21)28-14-12-27(13-15-28)19-4-2-1-3-5-19/h1-9,16H,10-15H2,(H,23,25,26). The van der Waals surface area contributed by atoms with Gasteiger partial charge in [0.2, 0.25) is 5.95 Å². The molecule has 6 nitrogen and oxygen atoms in total. The van der Waals surface area contributed by atoms with Gasteiger partial charge >= 0.3 is 0 Å². The Morgan fingerprint density at radius 3 is 2.36 bits per heavy atom. The predicted octanol–water partition coefficient (Wildman–Crippen LogP) is 3.51. The molecule has 0 aliphatic carbocycles. The van der Waals surface area contributed by atoms with Gasteiger partial charge in [0.1, 0.15) is 0 Å². The number of piperazine rings is 1. The van der Waals surface area contributed by atoms with E-state index in [4.69, 9.17) is 11.6 Å². The molecule has 4 rings (SSSR count). The van der Waals surface area contributed by atoms with E-state index in [-0.39, 0.29) is 0 Å². The molecule has 1 aliphatic rings. The number of hydrogen-bond acceptors (Lipinski definition) is 6. The number of rotatable bonds is 6. The third-order valence-electron chi connectivity index (χ3n) is 4.88. The van der Waals surface area contributed by atoms with Crippen LogP contribution in [0, 0.1) is 0 Å². The van der Waals surface area contributed by atoms with E-state index in [2.05, 4.69) is 54.6 Å². The molecule has 1 N–H and O–H groups in total. The minimum absolute atomic E-state index is 0.567. The number of halogens is 1. The molecule has 1 saturated heterocycles. The monoisotopic (exact) mass is 394 g/mol. The van der Waals surface area contributed by atoms with Gasteiger partial charge in [-0.05, 0) is 36.2 Å². The zero-order valence-corrected chi connectivity index (χ0v) is 16.4. The Hall–Kier alpha value is -2.86. The molecule has 7 heteroatoms. The van der Waals surface area contributed by atoms with Gasteiger partial charge in [-0.3, -0.25) is 0 Å². The fourth-order valence-corrected chi connectivity index (χ4v) is 3.45. The highest BCUT2D eigenvalue weighted by Crippen LogP contribution is 2.19. The van der Waals surface area contributed by atoms with E-state index in [0.29, 0.717) is 5.95 Å². The van der Waals surface area contributed by atoms with Crippen LogP contribution in [0.2, 0.25) is 5.02 Å². The number of benzene rings is 2. The highest BCUT2D eigenvalue weighted by molar-refractivity contribution is 6.30. The molecule has 0 saturated carbocycles. The van der Waals surface area contributed by atoms with E-state index in [9.17, 15) is 0 Å². The van der Waals surface area contributed by atoms with Crippen molar-refractivity contribution in [1.82, 2.24) is 15.2 Å². The summed E-state index contributed by atoms with van der Waals surface area (Å²) in [6.07, 6.45) is 2.61. The largest absolute Gasteiger partial charge is 0.368 e. The van der Waals surface area contributed by atoms with Gasteiger partial charge in [0.05, 0.1) is 6.20 Å². The van der Waals surface area contributed by atoms with E-state index < -0.39 is 0 Å². The van der Waals surface area contributed by atoms with Gasteiger partial charge in [0.25, 0.3) is 0 Å². The average molecular weight is 395 g/mol. The second-order valence-corrected chi connectivity index (χ2v) is 7.19. The van der Waals surface area contributed by atoms with Crippen molar-refractivity contribution >= 4 is 29.1 Å². The molecule has 1 fully saturated rings. The number of para-hydroxylation sites is 1. The summed E-state index contributed by atoms with van der Waals surface area (Å²) in [4.78, 5) is 9.30. The van der Waals surface area contributed by atoms with Crippen molar-refractivity contribution in [2.45, 2.75) is 6.42 Å². The molecule has 1 aliphatic heterocycles. The zero-order valence-electron chi connectivity index (χ0n) is 15.6. The van der Waals surface area contributed by atoms with Crippen molar-refractivity contribution in [3.05, 3.63) is 71.4 Å². The third-order valence-corrected chi connectivity index (χ3v) is 5.13. The number of nitrogens with one attached hydrogen (secondary N) is 1. The number of anilines is 3. The Balaban J connectivity index is 1.31. The first-order chi connectivity index (χ1) is 13.8. The van der Waals surface area contributed by atoms with Gasteiger partial charge in [-0.25, -0.2) is 0 Å². The average Bonchev–Trinajstić information content (AvgIpc) is 2.76. The smallest absolute Gasteiger partial charge is 0.244 e. The second-order valence-electron chi connectivity index (χ2n) is 6.75. The molecular weight excluding hydrogens is 372 g/mol. The second kappa shape index (κ2) is 8.89. The molecule has 0 unspecified atom stereocenters. The fourth-order valence-electron chi connectivity index (χ4n) is 3.32. The van der Waals surface area contributed by atoms with E-state index in [1.807, 2.05) is 30.3 Å². The van der Waals surface area contributed by atoms with Crippen LogP contribution < -0.4 is 15.1 Å². The quantitative estimate of drug-likeness (QED) is 0.690. The lowest BCUT2D eigenvalue weighted by Gasteiger charge is -2.36. The summed E-state index contributed by atoms with van der Waals surface area (Å²) in [5, 5.41) is 12.3. The molecule has 28 heavy (non-hydrogen) atoms. The highest BCUT2D eigenvalue weighted by atomic mass is 35.5. The number of hydrogen-bond donors (Lipinski definition) is 1.